The maximum absolute atomic E-state index is 6.09. The number of piperidine rings is 1. The summed E-state index contributed by atoms with van der Waals surface area (Å²) in [7, 11) is 0. The van der Waals surface area contributed by atoms with Crippen molar-refractivity contribution >= 4 is 0 Å². The zero-order valence-electron chi connectivity index (χ0n) is 8.64. The van der Waals surface area contributed by atoms with Crippen LogP contribution in [0.2, 0.25) is 0 Å². The molecular formula is C10H22N2. The normalized spacial score (nSPS) is 30.5. The van der Waals surface area contributed by atoms with E-state index in [4.69, 9.17) is 5.73 Å². The van der Waals surface area contributed by atoms with Gasteiger partial charge in [-0.2, -0.15) is 0 Å². The Hall–Kier alpha value is -0.0800. The molecule has 0 bridgehead atoms. The van der Waals surface area contributed by atoms with Crippen LogP contribution in [0.4, 0.5) is 0 Å². The lowest BCUT2D eigenvalue weighted by molar-refractivity contribution is 0.0578. The standard InChI is InChI=1S/C10H22N2/c1-4-7-12-8-5-6-9(11)10(12,2)3/h9H,4-8,11H2,1-3H3. The van der Waals surface area contributed by atoms with Crippen LogP contribution in [0.25, 0.3) is 0 Å². The van der Waals surface area contributed by atoms with Crippen molar-refractivity contribution in [3.05, 3.63) is 0 Å². The van der Waals surface area contributed by atoms with E-state index < -0.39 is 0 Å². The van der Waals surface area contributed by atoms with Crippen LogP contribution in [0.1, 0.15) is 40.0 Å². The molecule has 1 fully saturated rings. The van der Waals surface area contributed by atoms with E-state index in [1.165, 1.54) is 32.4 Å². The number of nitrogens with zero attached hydrogens (tertiary/aromatic N) is 1. The van der Waals surface area contributed by atoms with Gasteiger partial charge in [-0.3, -0.25) is 4.90 Å². The Morgan fingerprint density at radius 3 is 2.75 bits per heavy atom. The zero-order valence-corrected chi connectivity index (χ0v) is 8.64. The van der Waals surface area contributed by atoms with Crippen LogP contribution >= 0.6 is 0 Å². The summed E-state index contributed by atoms with van der Waals surface area (Å²) < 4.78 is 0. The van der Waals surface area contributed by atoms with E-state index in [0.29, 0.717) is 6.04 Å². The van der Waals surface area contributed by atoms with Crippen molar-refractivity contribution in [2.75, 3.05) is 13.1 Å². The summed E-state index contributed by atoms with van der Waals surface area (Å²) in [5.41, 5.74) is 6.31. The van der Waals surface area contributed by atoms with Gasteiger partial charge in [0.25, 0.3) is 0 Å². The molecule has 0 radical (unpaired) electrons. The quantitative estimate of drug-likeness (QED) is 0.682. The molecule has 1 atom stereocenters. The van der Waals surface area contributed by atoms with E-state index in [2.05, 4.69) is 25.7 Å². The molecule has 1 aliphatic rings. The second-order valence-electron chi connectivity index (χ2n) is 4.39. The lowest BCUT2D eigenvalue weighted by Crippen LogP contribution is -2.59. The zero-order chi connectivity index (χ0) is 9.19. The third-order valence-electron chi connectivity index (χ3n) is 3.16. The lowest BCUT2D eigenvalue weighted by atomic mass is 9.85. The monoisotopic (exact) mass is 170 g/mol. The fourth-order valence-electron chi connectivity index (χ4n) is 2.05. The molecule has 1 unspecified atom stereocenters. The first kappa shape index (κ1) is 10.0. The Morgan fingerprint density at radius 1 is 1.50 bits per heavy atom. The van der Waals surface area contributed by atoms with Crippen LogP contribution in [-0.4, -0.2) is 29.6 Å². The highest BCUT2D eigenvalue weighted by molar-refractivity contribution is 4.94. The van der Waals surface area contributed by atoms with E-state index in [-0.39, 0.29) is 5.54 Å². The van der Waals surface area contributed by atoms with Gasteiger partial charge in [0.2, 0.25) is 0 Å². The van der Waals surface area contributed by atoms with E-state index in [1.807, 2.05) is 0 Å². The van der Waals surface area contributed by atoms with Crippen molar-refractivity contribution in [3.8, 4) is 0 Å². The molecule has 1 aliphatic heterocycles. The van der Waals surface area contributed by atoms with Crippen molar-refractivity contribution in [1.82, 2.24) is 4.90 Å². The highest BCUT2D eigenvalue weighted by Gasteiger charge is 2.35. The van der Waals surface area contributed by atoms with Crippen LogP contribution in [0.5, 0.6) is 0 Å². The van der Waals surface area contributed by atoms with E-state index in [9.17, 15) is 0 Å². The number of nitrogens with two attached hydrogens (primary N) is 1. The first-order chi connectivity index (χ1) is 5.59. The van der Waals surface area contributed by atoms with Gasteiger partial charge in [0.1, 0.15) is 0 Å². The predicted molar refractivity (Wildman–Crippen MR) is 53.2 cm³/mol. The van der Waals surface area contributed by atoms with E-state index in [1.54, 1.807) is 0 Å². The Labute approximate surface area is 76.1 Å². The molecule has 0 aromatic rings. The fourth-order valence-corrected chi connectivity index (χ4v) is 2.05. The highest BCUT2D eigenvalue weighted by Crippen LogP contribution is 2.26. The van der Waals surface area contributed by atoms with Crippen LogP contribution in [0.15, 0.2) is 0 Å². The number of likely N-dealkylation sites (tertiary alicyclic amines) is 1. The summed E-state index contributed by atoms with van der Waals surface area (Å²) in [6.07, 6.45) is 3.69. The summed E-state index contributed by atoms with van der Waals surface area (Å²) in [6, 6.07) is 0.359. The molecule has 1 heterocycles. The molecule has 0 spiro atoms. The molecule has 0 aromatic heterocycles. The minimum Gasteiger partial charge on any atom is -0.326 e. The van der Waals surface area contributed by atoms with E-state index in [0.717, 1.165) is 0 Å². The minimum absolute atomic E-state index is 0.217. The third kappa shape index (κ3) is 1.80. The van der Waals surface area contributed by atoms with Crippen molar-refractivity contribution < 1.29 is 0 Å². The molecule has 0 aliphatic carbocycles. The predicted octanol–water partition coefficient (Wildman–Crippen LogP) is 1.60. The average Bonchev–Trinajstić information content (AvgIpc) is 2.00. The van der Waals surface area contributed by atoms with Gasteiger partial charge in [-0.25, -0.2) is 0 Å². The van der Waals surface area contributed by atoms with Crippen LogP contribution in [0, 0.1) is 0 Å². The average molecular weight is 170 g/mol. The van der Waals surface area contributed by atoms with Crippen LogP contribution < -0.4 is 5.73 Å². The molecular weight excluding hydrogens is 148 g/mol. The maximum Gasteiger partial charge on any atom is 0.0304 e. The topological polar surface area (TPSA) is 29.3 Å². The van der Waals surface area contributed by atoms with Crippen molar-refractivity contribution in [2.45, 2.75) is 51.6 Å². The SMILES string of the molecule is CCCN1CCCC(N)C1(C)C. The van der Waals surface area contributed by atoms with Crippen molar-refractivity contribution in [1.29, 1.82) is 0 Å². The summed E-state index contributed by atoms with van der Waals surface area (Å²) >= 11 is 0. The first-order valence-electron chi connectivity index (χ1n) is 5.09. The fraction of sp³-hybridized carbons (Fsp3) is 1.00. The molecule has 1 saturated heterocycles. The summed E-state index contributed by atoms with van der Waals surface area (Å²) in [4.78, 5) is 2.53. The molecule has 12 heavy (non-hydrogen) atoms. The second-order valence-corrected chi connectivity index (χ2v) is 4.39. The first-order valence-corrected chi connectivity index (χ1v) is 5.09. The maximum atomic E-state index is 6.09. The van der Waals surface area contributed by atoms with Crippen LogP contribution in [-0.2, 0) is 0 Å². The number of hydrogen-bond donors (Lipinski definition) is 1. The molecule has 0 amide bonds. The Kier molecular flexibility index (Phi) is 3.13. The van der Waals surface area contributed by atoms with Gasteiger partial charge in [0.15, 0.2) is 0 Å². The van der Waals surface area contributed by atoms with Gasteiger partial charge in [0, 0.05) is 11.6 Å². The van der Waals surface area contributed by atoms with Gasteiger partial charge in [-0.05, 0) is 46.2 Å². The van der Waals surface area contributed by atoms with Crippen LogP contribution in [0.3, 0.4) is 0 Å². The largest absolute Gasteiger partial charge is 0.326 e. The van der Waals surface area contributed by atoms with Gasteiger partial charge in [-0.1, -0.05) is 6.92 Å². The molecule has 2 nitrogen and oxygen atoms in total. The van der Waals surface area contributed by atoms with Gasteiger partial charge < -0.3 is 5.73 Å². The Bertz CT molecular complexity index is 141. The van der Waals surface area contributed by atoms with Crippen molar-refractivity contribution in [2.24, 2.45) is 5.73 Å². The van der Waals surface area contributed by atoms with Crippen molar-refractivity contribution in [3.63, 3.8) is 0 Å². The minimum atomic E-state index is 0.217. The van der Waals surface area contributed by atoms with Gasteiger partial charge in [0.05, 0.1) is 0 Å². The van der Waals surface area contributed by atoms with Gasteiger partial charge >= 0.3 is 0 Å². The Morgan fingerprint density at radius 2 is 2.17 bits per heavy atom. The molecule has 2 N–H and O–H groups in total. The molecule has 72 valence electrons. The molecule has 0 aromatic carbocycles. The summed E-state index contributed by atoms with van der Waals surface area (Å²) in [6.45, 7) is 9.20. The summed E-state index contributed by atoms with van der Waals surface area (Å²) in [5.74, 6) is 0. The number of hydrogen-bond acceptors (Lipinski definition) is 2. The molecule has 2 heteroatoms. The second kappa shape index (κ2) is 3.75. The molecule has 1 rings (SSSR count). The lowest BCUT2D eigenvalue weighted by Gasteiger charge is -2.46. The number of rotatable bonds is 2. The van der Waals surface area contributed by atoms with Gasteiger partial charge in [-0.15, -0.1) is 0 Å². The Balaban J connectivity index is 2.59. The summed E-state index contributed by atoms with van der Waals surface area (Å²) in [5, 5.41) is 0. The smallest absolute Gasteiger partial charge is 0.0304 e. The van der Waals surface area contributed by atoms with E-state index >= 15 is 0 Å². The molecule has 0 saturated carbocycles. The highest BCUT2D eigenvalue weighted by atomic mass is 15.2. The third-order valence-corrected chi connectivity index (χ3v) is 3.16.